The topological polar surface area (TPSA) is 83.8 Å². The van der Waals surface area contributed by atoms with E-state index >= 15 is 0 Å². The number of ether oxygens (including phenoxy) is 1. The Labute approximate surface area is 136 Å². The first-order chi connectivity index (χ1) is 10.9. The molecule has 2 aliphatic rings. The Hall–Kier alpha value is -2.61. The number of allylic oxidation sites excluding steroid dienone is 1. The highest BCUT2D eigenvalue weighted by atomic mass is 16.5. The molecule has 2 heterocycles. The summed E-state index contributed by atoms with van der Waals surface area (Å²) in [6.45, 7) is 10.3. The second kappa shape index (κ2) is 5.24. The predicted molar refractivity (Wildman–Crippen MR) is 90.1 cm³/mol. The van der Waals surface area contributed by atoms with E-state index in [2.05, 4.69) is 50.0 Å². The molecule has 1 aromatic carbocycles. The van der Waals surface area contributed by atoms with Crippen molar-refractivity contribution in [3.8, 4) is 6.07 Å². The summed E-state index contributed by atoms with van der Waals surface area (Å²) in [6, 6.07) is 4.43. The molecule has 0 bridgehead atoms. The molecule has 0 radical (unpaired) electrons. The summed E-state index contributed by atoms with van der Waals surface area (Å²) >= 11 is 0. The molecule has 2 atom stereocenters. The fourth-order valence-corrected chi connectivity index (χ4v) is 3.54. The lowest BCUT2D eigenvalue weighted by molar-refractivity contribution is 0.352. The Morgan fingerprint density at radius 2 is 1.65 bits per heavy atom. The van der Waals surface area contributed by atoms with Gasteiger partial charge in [0.2, 0.25) is 11.8 Å². The van der Waals surface area contributed by atoms with Gasteiger partial charge in [0.15, 0.2) is 0 Å². The minimum absolute atomic E-state index is 0.135. The van der Waals surface area contributed by atoms with Crippen LogP contribution in [0.15, 0.2) is 27.7 Å². The molecule has 0 unspecified atom stereocenters. The van der Waals surface area contributed by atoms with Gasteiger partial charge in [0.05, 0.1) is 17.2 Å². The number of fused-ring (bicyclic) bond motifs is 1. The first-order valence-corrected chi connectivity index (χ1v) is 7.63. The minimum Gasteiger partial charge on any atom is -0.424 e. The highest BCUT2D eigenvalue weighted by molar-refractivity contribution is 6.08. The van der Waals surface area contributed by atoms with Gasteiger partial charge in [-0.3, -0.25) is 0 Å². The maximum Gasteiger partial charge on any atom is 0.226 e. The third-order valence-electron chi connectivity index (χ3n) is 5.00. The number of rotatable bonds is 1. The van der Waals surface area contributed by atoms with Gasteiger partial charge in [-0.1, -0.05) is 6.07 Å². The number of nitriles is 1. The SMILES string of the molecule is CC1=NN=C2OC(N)=C(C#N)[C@@H](c3c(C)c(C)cc(C)c3C)[C@H]12. The van der Waals surface area contributed by atoms with Crippen LogP contribution in [0, 0.1) is 44.9 Å². The smallest absolute Gasteiger partial charge is 0.226 e. The minimum atomic E-state index is -0.197. The van der Waals surface area contributed by atoms with Crippen LogP contribution in [0.1, 0.15) is 40.7 Å². The third kappa shape index (κ3) is 2.14. The van der Waals surface area contributed by atoms with E-state index in [9.17, 15) is 5.26 Å². The van der Waals surface area contributed by atoms with Crippen molar-refractivity contribution >= 4 is 11.6 Å². The van der Waals surface area contributed by atoms with Crippen molar-refractivity contribution in [2.75, 3.05) is 0 Å². The van der Waals surface area contributed by atoms with Crippen LogP contribution >= 0.6 is 0 Å². The van der Waals surface area contributed by atoms with Crippen molar-refractivity contribution in [2.45, 2.75) is 40.5 Å². The van der Waals surface area contributed by atoms with Crippen LogP contribution < -0.4 is 5.73 Å². The lowest BCUT2D eigenvalue weighted by Crippen LogP contribution is -2.36. The predicted octanol–water partition coefficient (Wildman–Crippen LogP) is 3.13. The molecule has 0 aliphatic carbocycles. The molecule has 0 saturated carbocycles. The summed E-state index contributed by atoms with van der Waals surface area (Å²) in [4.78, 5) is 0. The quantitative estimate of drug-likeness (QED) is 0.865. The summed E-state index contributed by atoms with van der Waals surface area (Å²) in [7, 11) is 0. The number of nitrogens with two attached hydrogens (primary N) is 1. The van der Waals surface area contributed by atoms with Crippen LogP contribution in [0.25, 0.3) is 0 Å². The lowest BCUT2D eigenvalue weighted by Gasteiger charge is -2.32. The molecule has 3 rings (SSSR count). The van der Waals surface area contributed by atoms with Gasteiger partial charge in [-0.2, -0.15) is 10.4 Å². The zero-order chi connectivity index (χ0) is 16.9. The fraction of sp³-hybridized carbons (Fsp3) is 0.389. The van der Waals surface area contributed by atoms with E-state index in [-0.39, 0.29) is 17.7 Å². The molecular formula is C18H20N4O. The van der Waals surface area contributed by atoms with Crippen molar-refractivity contribution in [1.29, 1.82) is 5.26 Å². The Morgan fingerprint density at radius 1 is 1.04 bits per heavy atom. The highest BCUT2D eigenvalue weighted by Gasteiger charge is 2.44. The highest BCUT2D eigenvalue weighted by Crippen LogP contribution is 2.44. The molecule has 2 aliphatic heterocycles. The van der Waals surface area contributed by atoms with E-state index in [1.807, 2.05) is 6.92 Å². The zero-order valence-corrected chi connectivity index (χ0v) is 14.1. The van der Waals surface area contributed by atoms with E-state index in [0.29, 0.717) is 11.5 Å². The number of nitrogens with zero attached hydrogens (tertiary/aromatic N) is 3. The van der Waals surface area contributed by atoms with E-state index in [4.69, 9.17) is 10.5 Å². The molecule has 2 N–H and O–H groups in total. The van der Waals surface area contributed by atoms with Gasteiger partial charge in [0.1, 0.15) is 6.07 Å². The third-order valence-corrected chi connectivity index (χ3v) is 5.00. The molecule has 0 fully saturated rings. The van der Waals surface area contributed by atoms with E-state index in [1.165, 1.54) is 22.3 Å². The van der Waals surface area contributed by atoms with Crippen molar-refractivity contribution in [2.24, 2.45) is 21.9 Å². The van der Waals surface area contributed by atoms with Crippen LogP contribution in [0.5, 0.6) is 0 Å². The molecule has 0 amide bonds. The Balaban J connectivity index is 2.32. The molecule has 0 saturated heterocycles. The Morgan fingerprint density at radius 3 is 2.22 bits per heavy atom. The van der Waals surface area contributed by atoms with E-state index in [1.54, 1.807) is 0 Å². The normalized spacial score (nSPS) is 23.0. The molecule has 0 spiro atoms. The maximum atomic E-state index is 9.67. The summed E-state index contributed by atoms with van der Waals surface area (Å²) in [5.41, 5.74) is 13.2. The zero-order valence-electron chi connectivity index (χ0n) is 14.1. The first-order valence-electron chi connectivity index (χ1n) is 7.63. The Bertz CT molecular complexity index is 813. The molecule has 118 valence electrons. The van der Waals surface area contributed by atoms with Gasteiger partial charge in [0.25, 0.3) is 0 Å². The van der Waals surface area contributed by atoms with Crippen molar-refractivity contribution in [1.82, 2.24) is 0 Å². The standard InChI is InChI=1S/C18H20N4O/c1-8-6-9(2)11(4)14(10(8)3)16-13(7-19)17(20)23-18-15(16)12(5)21-22-18/h6,15-16H,20H2,1-5H3/t15-,16-/m0/s1. The van der Waals surface area contributed by atoms with Crippen LogP contribution in [-0.2, 0) is 4.74 Å². The summed E-state index contributed by atoms with van der Waals surface area (Å²) < 4.78 is 5.55. The summed E-state index contributed by atoms with van der Waals surface area (Å²) in [6.07, 6.45) is 0. The van der Waals surface area contributed by atoms with E-state index < -0.39 is 0 Å². The van der Waals surface area contributed by atoms with Crippen LogP contribution in [-0.4, -0.2) is 11.6 Å². The second-order valence-electron chi connectivity index (χ2n) is 6.30. The number of hydrogen-bond acceptors (Lipinski definition) is 5. The van der Waals surface area contributed by atoms with Gasteiger partial charge in [0, 0.05) is 5.92 Å². The molecule has 1 aromatic rings. The summed E-state index contributed by atoms with van der Waals surface area (Å²) in [5.74, 6) is 0.269. The largest absolute Gasteiger partial charge is 0.424 e. The number of aryl methyl sites for hydroxylation is 2. The summed E-state index contributed by atoms with van der Waals surface area (Å²) in [5, 5.41) is 17.9. The van der Waals surface area contributed by atoms with Gasteiger partial charge in [-0.05, 0) is 62.4 Å². The second-order valence-corrected chi connectivity index (χ2v) is 6.30. The van der Waals surface area contributed by atoms with Crippen LogP contribution in [0.3, 0.4) is 0 Å². The monoisotopic (exact) mass is 308 g/mol. The van der Waals surface area contributed by atoms with Crippen LogP contribution in [0.2, 0.25) is 0 Å². The fourth-order valence-electron chi connectivity index (χ4n) is 3.54. The molecule has 0 aromatic heterocycles. The van der Waals surface area contributed by atoms with Crippen LogP contribution in [0.4, 0.5) is 0 Å². The van der Waals surface area contributed by atoms with Gasteiger partial charge in [-0.25, -0.2) is 0 Å². The lowest BCUT2D eigenvalue weighted by atomic mass is 9.73. The van der Waals surface area contributed by atoms with Crippen molar-refractivity contribution < 1.29 is 4.74 Å². The van der Waals surface area contributed by atoms with Gasteiger partial charge in [-0.15, -0.1) is 5.10 Å². The molecular weight excluding hydrogens is 288 g/mol. The van der Waals surface area contributed by atoms with Gasteiger partial charge < -0.3 is 10.5 Å². The number of hydrogen-bond donors (Lipinski definition) is 1. The maximum absolute atomic E-state index is 9.67. The van der Waals surface area contributed by atoms with Crippen molar-refractivity contribution in [3.05, 3.63) is 45.3 Å². The van der Waals surface area contributed by atoms with Gasteiger partial charge >= 0.3 is 0 Å². The molecule has 5 heteroatoms. The first kappa shape index (κ1) is 15.3. The molecule has 23 heavy (non-hydrogen) atoms. The number of benzene rings is 1. The molecule has 5 nitrogen and oxygen atoms in total. The van der Waals surface area contributed by atoms with Crippen molar-refractivity contribution in [3.63, 3.8) is 0 Å². The Kier molecular flexibility index (Phi) is 3.48. The van der Waals surface area contributed by atoms with E-state index in [0.717, 1.165) is 11.3 Å². The average Bonchev–Trinajstić information content (AvgIpc) is 2.86. The average molecular weight is 308 g/mol.